The van der Waals surface area contributed by atoms with Gasteiger partial charge in [0.25, 0.3) is 0 Å². The summed E-state index contributed by atoms with van der Waals surface area (Å²) in [5.41, 5.74) is 0. The molecule has 2 fully saturated rings. The first-order valence-electron chi connectivity index (χ1n) is 5.38. The Balaban J connectivity index is 2.06. The fraction of sp³-hybridized carbons (Fsp3) is 0.900. The maximum absolute atomic E-state index is 11.6. The summed E-state index contributed by atoms with van der Waals surface area (Å²) in [4.78, 5) is 11.6. The number of hydrogen-bond acceptors (Lipinski definition) is 3. The molecular weight excluding hydrogens is 180 g/mol. The van der Waals surface area contributed by atoms with Crippen LogP contribution in [0.25, 0.3) is 0 Å². The molecule has 4 heteroatoms. The van der Waals surface area contributed by atoms with E-state index < -0.39 is 0 Å². The SMILES string of the molecule is CC(O)C(C)N1CCC(=O)N1C1CC1. The summed E-state index contributed by atoms with van der Waals surface area (Å²) in [5, 5.41) is 13.4. The summed E-state index contributed by atoms with van der Waals surface area (Å²) in [6, 6.07) is 0.466. The molecule has 2 aliphatic rings. The van der Waals surface area contributed by atoms with Crippen LogP contribution in [0.2, 0.25) is 0 Å². The third kappa shape index (κ3) is 1.64. The van der Waals surface area contributed by atoms with Gasteiger partial charge in [-0.15, -0.1) is 0 Å². The van der Waals surface area contributed by atoms with Crippen molar-refractivity contribution in [1.29, 1.82) is 0 Å². The standard InChI is InChI=1S/C10H18N2O2/c1-7(8(2)13)11-6-5-10(14)12(11)9-3-4-9/h7-9,13H,3-6H2,1-2H3. The molecule has 2 unspecified atom stereocenters. The molecule has 0 spiro atoms. The van der Waals surface area contributed by atoms with Crippen molar-refractivity contribution in [2.75, 3.05) is 6.54 Å². The van der Waals surface area contributed by atoms with Crippen LogP contribution in [0.15, 0.2) is 0 Å². The van der Waals surface area contributed by atoms with Crippen LogP contribution in [-0.2, 0) is 4.79 Å². The maximum Gasteiger partial charge on any atom is 0.238 e. The summed E-state index contributed by atoms with van der Waals surface area (Å²) in [5.74, 6) is 0.222. The van der Waals surface area contributed by atoms with Crippen molar-refractivity contribution in [3.63, 3.8) is 0 Å². The molecule has 0 aromatic carbocycles. The first kappa shape index (κ1) is 9.93. The second-order valence-electron chi connectivity index (χ2n) is 4.36. The average Bonchev–Trinajstić information content (AvgIpc) is 2.89. The molecule has 0 aromatic heterocycles. The van der Waals surface area contributed by atoms with Crippen molar-refractivity contribution in [2.24, 2.45) is 0 Å². The molecule has 1 saturated carbocycles. The van der Waals surface area contributed by atoms with Crippen LogP contribution >= 0.6 is 0 Å². The Kier molecular flexibility index (Phi) is 2.49. The Morgan fingerprint density at radius 1 is 1.43 bits per heavy atom. The van der Waals surface area contributed by atoms with Crippen molar-refractivity contribution < 1.29 is 9.90 Å². The highest BCUT2D eigenvalue weighted by Crippen LogP contribution is 2.33. The smallest absolute Gasteiger partial charge is 0.238 e. The Labute approximate surface area is 84.5 Å². The molecular formula is C10H18N2O2. The van der Waals surface area contributed by atoms with E-state index in [9.17, 15) is 9.90 Å². The molecule has 80 valence electrons. The Morgan fingerprint density at radius 2 is 2.07 bits per heavy atom. The number of hydrogen-bond donors (Lipinski definition) is 1. The summed E-state index contributed by atoms with van der Waals surface area (Å²) in [7, 11) is 0. The number of aliphatic hydroxyl groups is 1. The predicted octanol–water partition coefficient (Wildman–Crippen LogP) is 0.367. The first-order valence-corrected chi connectivity index (χ1v) is 5.38. The molecule has 0 aromatic rings. The van der Waals surface area contributed by atoms with Gasteiger partial charge in [0.05, 0.1) is 12.1 Å². The number of rotatable bonds is 3. The van der Waals surface area contributed by atoms with Crippen molar-refractivity contribution in [2.45, 2.75) is 51.3 Å². The lowest BCUT2D eigenvalue weighted by molar-refractivity contribution is -0.144. The molecule has 1 N–H and O–H groups in total. The number of hydrazine groups is 1. The molecule has 0 radical (unpaired) electrons. The van der Waals surface area contributed by atoms with E-state index >= 15 is 0 Å². The zero-order valence-electron chi connectivity index (χ0n) is 8.81. The van der Waals surface area contributed by atoms with Crippen LogP contribution < -0.4 is 0 Å². The van der Waals surface area contributed by atoms with Crippen molar-refractivity contribution >= 4 is 5.91 Å². The molecule has 4 nitrogen and oxygen atoms in total. The largest absolute Gasteiger partial charge is 0.392 e. The fourth-order valence-corrected chi connectivity index (χ4v) is 1.96. The lowest BCUT2D eigenvalue weighted by atomic mass is 10.2. The van der Waals surface area contributed by atoms with Gasteiger partial charge in [-0.05, 0) is 26.7 Å². The highest BCUT2D eigenvalue weighted by Gasteiger charge is 2.42. The third-order valence-electron chi connectivity index (χ3n) is 3.15. The van der Waals surface area contributed by atoms with Gasteiger partial charge in [-0.1, -0.05) is 0 Å². The van der Waals surface area contributed by atoms with Gasteiger partial charge < -0.3 is 5.11 Å². The van der Waals surface area contributed by atoms with Crippen molar-refractivity contribution in [1.82, 2.24) is 10.0 Å². The topological polar surface area (TPSA) is 43.8 Å². The second-order valence-corrected chi connectivity index (χ2v) is 4.36. The van der Waals surface area contributed by atoms with Crippen LogP contribution in [0.3, 0.4) is 0 Å². The van der Waals surface area contributed by atoms with Crippen LogP contribution in [0.4, 0.5) is 0 Å². The summed E-state index contributed by atoms with van der Waals surface area (Å²) in [6.07, 6.45) is 2.46. The van der Waals surface area contributed by atoms with Crippen LogP contribution in [0.5, 0.6) is 0 Å². The number of nitrogens with zero attached hydrogens (tertiary/aromatic N) is 2. The van der Waals surface area contributed by atoms with Gasteiger partial charge in [-0.2, -0.15) is 0 Å². The number of aliphatic hydroxyl groups excluding tert-OH is 1. The predicted molar refractivity (Wildman–Crippen MR) is 52.3 cm³/mol. The van der Waals surface area contributed by atoms with Gasteiger partial charge in [-0.25, -0.2) is 5.01 Å². The Bertz CT molecular complexity index is 238. The minimum atomic E-state index is -0.387. The summed E-state index contributed by atoms with van der Waals surface area (Å²) >= 11 is 0. The molecule has 2 atom stereocenters. The molecule has 1 aliphatic heterocycles. The minimum absolute atomic E-state index is 0.0436. The summed E-state index contributed by atoms with van der Waals surface area (Å²) in [6.45, 7) is 4.51. The van der Waals surface area contributed by atoms with Gasteiger partial charge in [0.15, 0.2) is 0 Å². The Hall–Kier alpha value is -0.610. The van der Waals surface area contributed by atoms with E-state index in [1.165, 1.54) is 0 Å². The van der Waals surface area contributed by atoms with Gasteiger partial charge in [0.2, 0.25) is 5.91 Å². The molecule has 2 rings (SSSR count). The van der Waals surface area contributed by atoms with Gasteiger partial charge in [0.1, 0.15) is 0 Å². The average molecular weight is 198 g/mol. The monoisotopic (exact) mass is 198 g/mol. The number of amides is 1. The first-order chi connectivity index (χ1) is 6.61. The van der Waals surface area contributed by atoms with Gasteiger partial charge in [-0.3, -0.25) is 9.80 Å². The quantitative estimate of drug-likeness (QED) is 0.712. The van der Waals surface area contributed by atoms with E-state index in [4.69, 9.17) is 0 Å². The lowest BCUT2D eigenvalue weighted by Crippen LogP contribution is -2.49. The maximum atomic E-state index is 11.6. The van der Waals surface area contributed by atoms with Gasteiger partial charge >= 0.3 is 0 Å². The van der Waals surface area contributed by atoms with Crippen molar-refractivity contribution in [3.05, 3.63) is 0 Å². The molecule has 1 aliphatic carbocycles. The number of carbonyl (C=O) groups is 1. The Morgan fingerprint density at radius 3 is 2.57 bits per heavy atom. The van der Waals surface area contributed by atoms with Crippen LogP contribution in [-0.4, -0.2) is 45.8 Å². The van der Waals surface area contributed by atoms with E-state index in [-0.39, 0.29) is 18.1 Å². The van der Waals surface area contributed by atoms with Crippen LogP contribution in [0.1, 0.15) is 33.1 Å². The van der Waals surface area contributed by atoms with Crippen LogP contribution in [0, 0.1) is 0 Å². The number of carbonyl (C=O) groups excluding carboxylic acids is 1. The normalized spacial score (nSPS) is 28.2. The van der Waals surface area contributed by atoms with E-state index in [0.29, 0.717) is 12.5 Å². The minimum Gasteiger partial charge on any atom is -0.392 e. The lowest BCUT2D eigenvalue weighted by Gasteiger charge is -2.34. The molecule has 0 bridgehead atoms. The molecule has 1 amide bonds. The highest BCUT2D eigenvalue weighted by atomic mass is 16.3. The zero-order chi connectivity index (χ0) is 10.3. The van der Waals surface area contributed by atoms with Crippen molar-refractivity contribution in [3.8, 4) is 0 Å². The third-order valence-corrected chi connectivity index (χ3v) is 3.15. The van der Waals surface area contributed by atoms with E-state index in [2.05, 4.69) is 0 Å². The zero-order valence-corrected chi connectivity index (χ0v) is 8.81. The highest BCUT2D eigenvalue weighted by molar-refractivity contribution is 5.78. The van der Waals surface area contributed by atoms with E-state index in [0.717, 1.165) is 19.4 Å². The molecule has 14 heavy (non-hydrogen) atoms. The fourth-order valence-electron chi connectivity index (χ4n) is 1.96. The van der Waals surface area contributed by atoms with E-state index in [1.54, 1.807) is 6.92 Å². The second kappa shape index (κ2) is 3.51. The molecule has 1 heterocycles. The van der Waals surface area contributed by atoms with Gasteiger partial charge in [0, 0.05) is 19.0 Å². The van der Waals surface area contributed by atoms with E-state index in [1.807, 2.05) is 16.9 Å². The summed E-state index contributed by atoms with van der Waals surface area (Å²) < 4.78 is 0. The molecule has 1 saturated heterocycles.